The molecule has 1 heterocycles. The van der Waals surface area contributed by atoms with Crippen LogP contribution in [0.1, 0.15) is 43.9 Å². The van der Waals surface area contributed by atoms with Gasteiger partial charge in [0.2, 0.25) is 5.95 Å². The SMILES string of the molecule is CCCCCCNCc1c(C)nn(C)c1F. The lowest BCUT2D eigenvalue weighted by molar-refractivity contribution is 0.488. The molecule has 0 bridgehead atoms. The van der Waals surface area contributed by atoms with Gasteiger partial charge in [-0.05, 0) is 19.9 Å². The molecule has 0 unspecified atom stereocenters. The van der Waals surface area contributed by atoms with Gasteiger partial charge < -0.3 is 5.32 Å². The third-order valence-corrected chi connectivity index (χ3v) is 2.78. The predicted molar refractivity (Wildman–Crippen MR) is 63.8 cm³/mol. The average molecular weight is 227 g/mol. The highest BCUT2D eigenvalue weighted by Gasteiger charge is 2.11. The molecule has 0 amide bonds. The Morgan fingerprint density at radius 3 is 2.62 bits per heavy atom. The minimum absolute atomic E-state index is 0.224. The van der Waals surface area contributed by atoms with Crippen LogP contribution in [0.5, 0.6) is 0 Å². The van der Waals surface area contributed by atoms with Gasteiger partial charge in [0.15, 0.2) is 0 Å². The lowest BCUT2D eigenvalue weighted by Crippen LogP contribution is -2.16. The van der Waals surface area contributed by atoms with Crippen LogP contribution in [-0.2, 0) is 13.6 Å². The summed E-state index contributed by atoms with van der Waals surface area (Å²) < 4.78 is 14.8. The lowest BCUT2D eigenvalue weighted by Gasteiger charge is -2.03. The fraction of sp³-hybridized carbons (Fsp3) is 0.750. The third kappa shape index (κ3) is 3.59. The molecule has 0 saturated heterocycles. The molecule has 1 aromatic heterocycles. The first-order chi connectivity index (χ1) is 7.66. The van der Waals surface area contributed by atoms with E-state index in [4.69, 9.17) is 0 Å². The van der Waals surface area contributed by atoms with E-state index in [0.29, 0.717) is 12.1 Å². The molecule has 1 aromatic rings. The van der Waals surface area contributed by atoms with Crippen molar-refractivity contribution in [2.24, 2.45) is 7.05 Å². The summed E-state index contributed by atoms with van der Waals surface area (Å²) in [6, 6.07) is 0. The van der Waals surface area contributed by atoms with E-state index >= 15 is 0 Å². The Hall–Kier alpha value is -0.900. The highest BCUT2D eigenvalue weighted by molar-refractivity contribution is 5.16. The Labute approximate surface area is 97.0 Å². The van der Waals surface area contributed by atoms with Crippen molar-refractivity contribution in [1.82, 2.24) is 15.1 Å². The van der Waals surface area contributed by atoms with E-state index in [0.717, 1.165) is 18.7 Å². The molecule has 3 nitrogen and oxygen atoms in total. The van der Waals surface area contributed by atoms with E-state index in [9.17, 15) is 4.39 Å². The Morgan fingerprint density at radius 1 is 1.31 bits per heavy atom. The van der Waals surface area contributed by atoms with Gasteiger partial charge >= 0.3 is 0 Å². The Morgan fingerprint density at radius 2 is 2.06 bits per heavy atom. The molecule has 0 radical (unpaired) electrons. The zero-order valence-electron chi connectivity index (χ0n) is 10.5. The van der Waals surface area contributed by atoms with Crippen LogP contribution in [0.25, 0.3) is 0 Å². The molecule has 0 spiro atoms. The molecule has 4 heteroatoms. The zero-order valence-corrected chi connectivity index (χ0v) is 10.5. The minimum Gasteiger partial charge on any atom is -0.312 e. The van der Waals surface area contributed by atoms with E-state index in [-0.39, 0.29) is 5.95 Å². The van der Waals surface area contributed by atoms with E-state index in [1.165, 1.54) is 23.9 Å². The molecule has 0 aliphatic carbocycles. The second-order valence-electron chi connectivity index (χ2n) is 4.22. The Kier molecular flexibility index (Phi) is 5.46. The fourth-order valence-electron chi connectivity index (χ4n) is 1.76. The van der Waals surface area contributed by atoms with Crippen molar-refractivity contribution in [3.05, 3.63) is 17.2 Å². The van der Waals surface area contributed by atoms with Crippen molar-refractivity contribution in [3.8, 4) is 0 Å². The number of aryl methyl sites for hydroxylation is 2. The second kappa shape index (κ2) is 6.63. The average Bonchev–Trinajstić information content (AvgIpc) is 2.49. The number of rotatable bonds is 7. The van der Waals surface area contributed by atoms with Gasteiger partial charge in [-0.2, -0.15) is 9.49 Å². The van der Waals surface area contributed by atoms with Crippen LogP contribution in [0.3, 0.4) is 0 Å². The van der Waals surface area contributed by atoms with Crippen LogP contribution in [0.15, 0.2) is 0 Å². The number of hydrogen-bond donors (Lipinski definition) is 1. The van der Waals surface area contributed by atoms with Crippen LogP contribution in [0.4, 0.5) is 4.39 Å². The maximum absolute atomic E-state index is 13.5. The van der Waals surface area contributed by atoms with Gasteiger partial charge in [0, 0.05) is 19.2 Å². The van der Waals surface area contributed by atoms with Gasteiger partial charge in [-0.15, -0.1) is 0 Å². The van der Waals surface area contributed by atoms with Crippen LogP contribution >= 0.6 is 0 Å². The Bertz CT molecular complexity index is 320. The summed E-state index contributed by atoms with van der Waals surface area (Å²) in [5.41, 5.74) is 1.47. The molecule has 0 fully saturated rings. The van der Waals surface area contributed by atoms with Gasteiger partial charge in [0.05, 0.1) is 5.69 Å². The molecular weight excluding hydrogens is 205 g/mol. The molecule has 0 aliphatic rings. The zero-order chi connectivity index (χ0) is 12.0. The molecule has 92 valence electrons. The first-order valence-corrected chi connectivity index (χ1v) is 6.05. The maximum Gasteiger partial charge on any atom is 0.215 e. The molecule has 0 atom stereocenters. The maximum atomic E-state index is 13.5. The molecule has 0 saturated carbocycles. The predicted octanol–water partition coefficient (Wildman–Crippen LogP) is 2.54. The van der Waals surface area contributed by atoms with Crippen molar-refractivity contribution in [3.63, 3.8) is 0 Å². The normalized spacial score (nSPS) is 11.0. The first-order valence-electron chi connectivity index (χ1n) is 6.05. The monoisotopic (exact) mass is 227 g/mol. The molecule has 0 aromatic carbocycles. The quantitative estimate of drug-likeness (QED) is 0.725. The smallest absolute Gasteiger partial charge is 0.215 e. The van der Waals surface area contributed by atoms with Crippen LogP contribution < -0.4 is 5.32 Å². The summed E-state index contributed by atoms with van der Waals surface area (Å²) in [5, 5.41) is 7.30. The highest BCUT2D eigenvalue weighted by atomic mass is 19.1. The summed E-state index contributed by atoms with van der Waals surface area (Å²) in [6.45, 7) is 5.57. The van der Waals surface area contributed by atoms with Crippen LogP contribution in [0.2, 0.25) is 0 Å². The Balaban J connectivity index is 2.26. The number of halogens is 1. The van der Waals surface area contributed by atoms with Gasteiger partial charge in [0.1, 0.15) is 0 Å². The van der Waals surface area contributed by atoms with Crippen LogP contribution in [0, 0.1) is 12.9 Å². The van der Waals surface area contributed by atoms with Crippen molar-refractivity contribution in [2.75, 3.05) is 6.54 Å². The fourth-order valence-corrected chi connectivity index (χ4v) is 1.76. The molecular formula is C12H22FN3. The molecule has 0 aliphatic heterocycles. The van der Waals surface area contributed by atoms with E-state index in [2.05, 4.69) is 17.3 Å². The summed E-state index contributed by atoms with van der Waals surface area (Å²) in [7, 11) is 1.63. The summed E-state index contributed by atoms with van der Waals surface area (Å²) in [4.78, 5) is 0. The molecule has 1 rings (SSSR count). The molecule has 1 N–H and O–H groups in total. The topological polar surface area (TPSA) is 29.9 Å². The van der Waals surface area contributed by atoms with Gasteiger partial charge in [0.25, 0.3) is 0 Å². The summed E-state index contributed by atoms with van der Waals surface area (Å²) in [6.07, 6.45) is 4.94. The number of nitrogens with zero attached hydrogens (tertiary/aromatic N) is 2. The van der Waals surface area contributed by atoms with Crippen molar-refractivity contribution < 1.29 is 4.39 Å². The largest absolute Gasteiger partial charge is 0.312 e. The summed E-state index contributed by atoms with van der Waals surface area (Å²) >= 11 is 0. The van der Waals surface area contributed by atoms with Gasteiger partial charge in [-0.25, -0.2) is 4.68 Å². The van der Waals surface area contributed by atoms with Crippen molar-refractivity contribution in [1.29, 1.82) is 0 Å². The lowest BCUT2D eigenvalue weighted by atomic mass is 10.2. The number of hydrogen-bond acceptors (Lipinski definition) is 2. The first kappa shape index (κ1) is 13.2. The number of unbranched alkanes of at least 4 members (excludes halogenated alkanes) is 3. The van der Waals surface area contributed by atoms with Crippen LogP contribution in [-0.4, -0.2) is 16.3 Å². The summed E-state index contributed by atoms with van der Waals surface area (Å²) in [5.74, 6) is -0.224. The van der Waals surface area contributed by atoms with E-state index in [1.54, 1.807) is 7.05 Å². The minimum atomic E-state index is -0.224. The van der Waals surface area contributed by atoms with Crippen molar-refractivity contribution >= 4 is 0 Å². The second-order valence-corrected chi connectivity index (χ2v) is 4.22. The van der Waals surface area contributed by atoms with E-state index < -0.39 is 0 Å². The standard InChI is InChI=1S/C12H22FN3/c1-4-5-6-7-8-14-9-11-10(2)15-16(3)12(11)13/h14H,4-9H2,1-3H3. The van der Waals surface area contributed by atoms with Gasteiger partial charge in [-0.1, -0.05) is 26.2 Å². The number of aromatic nitrogens is 2. The highest BCUT2D eigenvalue weighted by Crippen LogP contribution is 2.10. The van der Waals surface area contributed by atoms with Crippen molar-refractivity contribution in [2.45, 2.75) is 46.1 Å². The molecule has 16 heavy (non-hydrogen) atoms. The van der Waals surface area contributed by atoms with Gasteiger partial charge in [-0.3, -0.25) is 0 Å². The number of nitrogens with one attached hydrogen (secondary N) is 1. The van der Waals surface area contributed by atoms with E-state index in [1.807, 2.05) is 6.92 Å². The third-order valence-electron chi connectivity index (χ3n) is 2.78.